The number of halogens is 2. The summed E-state index contributed by atoms with van der Waals surface area (Å²) in [4.78, 5) is 27.5. The van der Waals surface area contributed by atoms with E-state index in [0.29, 0.717) is 36.7 Å². The Kier molecular flexibility index (Phi) is 8.70. The van der Waals surface area contributed by atoms with Crippen LogP contribution in [-0.4, -0.2) is 44.8 Å². The molecule has 172 valence electrons. The van der Waals surface area contributed by atoms with Gasteiger partial charge in [0.2, 0.25) is 0 Å². The maximum Gasteiger partial charge on any atom is 0.323 e. The van der Waals surface area contributed by atoms with E-state index in [-0.39, 0.29) is 10.9 Å². The summed E-state index contributed by atoms with van der Waals surface area (Å²) in [7, 11) is 0. The monoisotopic (exact) mass is 462 g/mol. The van der Waals surface area contributed by atoms with Crippen LogP contribution in [0.4, 0.5) is 26.2 Å². The predicted octanol–water partition coefficient (Wildman–Crippen LogP) is 4.88. The van der Waals surface area contributed by atoms with E-state index in [1.807, 2.05) is 13.0 Å². The van der Waals surface area contributed by atoms with Gasteiger partial charge in [0.1, 0.15) is 5.82 Å². The molecule has 0 radical (unpaired) electrons. The maximum atomic E-state index is 13.3. The number of rotatable bonds is 9. The average molecular weight is 463 g/mol. The molecular formula is C23H28ClFN4O3. The molecule has 1 aliphatic rings. The van der Waals surface area contributed by atoms with Crippen molar-refractivity contribution in [1.29, 1.82) is 0 Å². The number of nitrogens with zero attached hydrogens (tertiary/aromatic N) is 1. The summed E-state index contributed by atoms with van der Waals surface area (Å²) in [5, 5.41) is 8.17. The van der Waals surface area contributed by atoms with Crippen LogP contribution in [0.1, 0.15) is 36.5 Å². The molecule has 0 bridgehead atoms. The number of urea groups is 1. The summed E-state index contributed by atoms with van der Waals surface area (Å²) in [6.45, 7) is 5.45. The molecule has 1 heterocycles. The van der Waals surface area contributed by atoms with Gasteiger partial charge in [-0.2, -0.15) is 0 Å². The molecule has 3 rings (SSSR count). The number of carbonyl (C=O) groups excluding carboxylic acids is 2. The lowest BCUT2D eigenvalue weighted by atomic mass is 10.1. The summed E-state index contributed by atoms with van der Waals surface area (Å²) in [5.41, 5.74) is 2.18. The van der Waals surface area contributed by atoms with Crippen molar-refractivity contribution < 1.29 is 18.7 Å². The minimum absolute atomic E-state index is 0.0824. The SMILES string of the molecule is CCOCCCNC(=O)c1cc(NC(=O)Nc2ccc(F)c(Cl)c2)ccc1N1CCCC1. The first-order valence-corrected chi connectivity index (χ1v) is 11.1. The van der Waals surface area contributed by atoms with Gasteiger partial charge in [-0.15, -0.1) is 0 Å². The van der Waals surface area contributed by atoms with Crippen LogP contribution in [0, 0.1) is 5.82 Å². The summed E-state index contributed by atoms with van der Waals surface area (Å²) in [6, 6.07) is 8.68. The number of hydrogen-bond acceptors (Lipinski definition) is 4. The van der Waals surface area contributed by atoms with Gasteiger partial charge in [-0.05, 0) is 62.6 Å². The van der Waals surface area contributed by atoms with Crippen molar-refractivity contribution in [1.82, 2.24) is 5.32 Å². The van der Waals surface area contributed by atoms with E-state index in [9.17, 15) is 14.0 Å². The van der Waals surface area contributed by atoms with Crippen molar-refractivity contribution in [3.8, 4) is 0 Å². The summed E-state index contributed by atoms with van der Waals surface area (Å²) in [6.07, 6.45) is 2.88. The highest BCUT2D eigenvalue weighted by molar-refractivity contribution is 6.31. The fourth-order valence-electron chi connectivity index (χ4n) is 3.51. The van der Waals surface area contributed by atoms with Crippen molar-refractivity contribution >= 4 is 40.6 Å². The molecule has 9 heteroatoms. The fourth-order valence-corrected chi connectivity index (χ4v) is 3.69. The van der Waals surface area contributed by atoms with Crippen LogP contribution in [0.2, 0.25) is 5.02 Å². The second-order valence-corrected chi connectivity index (χ2v) is 7.85. The van der Waals surface area contributed by atoms with Gasteiger partial charge in [0.25, 0.3) is 5.91 Å². The Hall–Kier alpha value is -2.84. The Balaban J connectivity index is 1.70. The molecule has 3 N–H and O–H groups in total. The van der Waals surface area contributed by atoms with Crippen molar-refractivity contribution in [3.05, 3.63) is 52.8 Å². The zero-order chi connectivity index (χ0) is 22.9. The fraction of sp³-hybridized carbons (Fsp3) is 0.391. The third-order valence-corrected chi connectivity index (χ3v) is 5.37. The first-order valence-electron chi connectivity index (χ1n) is 10.8. The Morgan fingerprint density at radius 3 is 2.47 bits per heavy atom. The zero-order valence-corrected chi connectivity index (χ0v) is 18.8. The number of anilines is 3. The predicted molar refractivity (Wildman–Crippen MR) is 125 cm³/mol. The molecule has 0 spiro atoms. The van der Waals surface area contributed by atoms with Crippen LogP contribution >= 0.6 is 11.6 Å². The molecule has 2 aromatic rings. The van der Waals surface area contributed by atoms with Crippen LogP contribution in [0.5, 0.6) is 0 Å². The van der Waals surface area contributed by atoms with Gasteiger partial charge >= 0.3 is 6.03 Å². The lowest BCUT2D eigenvalue weighted by Gasteiger charge is -2.22. The molecule has 0 unspecified atom stereocenters. The van der Waals surface area contributed by atoms with Gasteiger partial charge in [-0.1, -0.05) is 11.6 Å². The number of amides is 3. The largest absolute Gasteiger partial charge is 0.382 e. The number of carbonyl (C=O) groups is 2. The van der Waals surface area contributed by atoms with Gasteiger partial charge < -0.3 is 25.6 Å². The zero-order valence-electron chi connectivity index (χ0n) is 18.0. The average Bonchev–Trinajstić information content (AvgIpc) is 3.30. The normalized spacial score (nSPS) is 13.2. The summed E-state index contributed by atoms with van der Waals surface area (Å²) in [5.74, 6) is -0.759. The molecule has 1 saturated heterocycles. The van der Waals surface area contributed by atoms with E-state index in [2.05, 4.69) is 20.9 Å². The van der Waals surface area contributed by atoms with E-state index < -0.39 is 11.8 Å². The van der Waals surface area contributed by atoms with Gasteiger partial charge in [0, 0.05) is 49.9 Å². The third kappa shape index (κ3) is 6.58. The van der Waals surface area contributed by atoms with Crippen molar-refractivity contribution in [3.63, 3.8) is 0 Å². The number of benzene rings is 2. The van der Waals surface area contributed by atoms with Gasteiger partial charge in [-0.25, -0.2) is 9.18 Å². The molecule has 1 fully saturated rings. The van der Waals surface area contributed by atoms with Crippen LogP contribution < -0.4 is 20.9 Å². The highest BCUT2D eigenvalue weighted by atomic mass is 35.5. The highest BCUT2D eigenvalue weighted by Gasteiger charge is 2.20. The Labute approximate surface area is 192 Å². The van der Waals surface area contributed by atoms with Gasteiger partial charge in [0.15, 0.2) is 0 Å². The standard InChI is InChI=1S/C23H28ClFN4O3/c1-2-32-13-5-10-26-22(30)18-14-16(7-9-21(18)29-11-3-4-12-29)27-23(31)28-17-6-8-20(25)19(24)15-17/h6-9,14-15H,2-5,10-13H2,1H3,(H,26,30)(H2,27,28,31). The topological polar surface area (TPSA) is 82.7 Å². The van der Waals surface area contributed by atoms with Crippen molar-refractivity contribution in [2.24, 2.45) is 0 Å². The number of ether oxygens (including phenoxy) is 1. The van der Waals surface area contributed by atoms with E-state index >= 15 is 0 Å². The minimum atomic E-state index is -0.563. The number of nitrogens with one attached hydrogen (secondary N) is 3. The van der Waals surface area contributed by atoms with E-state index in [4.69, 9.17) is 16.3 Å². The summed E-state index contributed by atoms with van der Waals surface area (Å²) < 4.78 is 18.6. The second kappa shape index (κ2) is 11.7. The van der Waals surface area contributed by atoms with Crippen LogP contribution in [-0.2, 0) is 4.74 Å². The van der Waals surface area contributed by atoms with Crippen molar-refractivity contribution in [2.45, 2.75) is 26.2 Å². The molecule has 0 saturated carbocycles. The Morgan fingerprint density at radius 2 is 1.78 bits per heavy atom. The van der Waals surface area contributed by atoms with E-state index in [0.717, 1.165) is 38.0 Å². The number of hydrogen-bond donors (Lipinski definition) is 3. The van der Waals surface area contributed by atoms with Gasteiger partial charge in [0.05, 0.1) is 10.6 Å². The molecule has 1 aliphatic heterocycles. The molecular weight excluding hydrogens is 435 g/mol. The molecule has 7 nitrogen and oxygen atoms in total. The van der Waals surface area contributed by atoms with Crippen molar-refractivity contribution in [2.75, 3.05) is 48.4 Å². The van der Waals surface area contributed by atoms with Crippen LogP contribution in [0.15, 0.2) is 36.4 Å². The molecule has 2 aromatic carbocycles. The van der Waals surface area contributed by atoms with Gasteiger partial charge in [-0.3, -0.25) is 4.79 Å². The third-order valence-electron chi connectivity index (χ3n) is 5.08. The Morgan fingerprint density at radius 1 is 1.09 bits per heavy atom. The lowest BCUT2D eigenvalue weighted by molar-refractivity contribution is 0.0944. The molecule has 0 atom stereocenters. The first-order chi connectivity index (χ1) is 15.5. The first kappa shape index (κ1) is 23.8. The quantitative estimate of drug-likeness (QED) is 0.464. The minimum Gasteiger partial charge on any atom is -0.382 e. The summed E-state index contributed by atoms with van der Waals surface area (Å²) >= 11 is 5.76. The lowest BCUT2D eigenvalue weighted by Crippen LogP contribution is -2.29. The smallest absolute Gasteiger partial charge is 0.323 e. The molecule has 0 aromatic heterocycles. The van der Waals surface area contributed by atoms with E-state index in [1.165, 1.54) is 18.2 Å². The molecule has 0 aliphatic carbocycles. The van der Waals surface area contributed by atoms with Crippen LogP contribution in [0.25, 0.3) is 0 Å². The molecule has 32 heavy (non-hydrogen) atoms. The second-order valence-electron chi connectivity index (χ2n) is 7.44. The Bertz CT molecular complexity index is 951. The highest BCUT2D eigenvalue weighted by Crippen LogP contribution is 2.28. The maximum absolute atomic E-state index is 13.3. The molecule has 3 amide bonds. The van der Waals surface area contributed by atoms with E-state index in [1.54, 1.807) is 12.1 Å². The van der Waals surface area contributed by atoms with Crippen LogP contribution in [0.3, 0.4) is 0 Å².